The Morgan fingerprint density at radius 2 is 2.00 bits per heavy atom. The van der Waals surface area contributed by atoms with Crippen molar-refractivity contribution in [3.05, 3.63) is 42.1 Å². The predicted octanol–water partition coefficient (Wildman–Crippen LogP) is 3.47. The molecule has 0 aliphatic heterocycles. The van der Waals surface area contributed by atoms with Crippen LogP contribution in [0.15, 0.2) is 36.5 Å². The van der Waals surface area contributed by atoms with E-state index in [1.807, 2.05) is 12.3 Å². The Morgan fingerprint density at radius 1 is 1.11 bits per heavy atom. The molecule has 1 saturated carbocycles. The van der Waals surface area contributed by atoms with Gasteiger partial charge in [-0.3, -0.25) is 4.98 Å². The maximum atomic E-state index is 5.96. The topological polar surface area (TPSA) is 38.9 Å². The maximum absolute atomic E-state index is 5.96. The third-order valence-corrected chi connectivity index (χ3v) is 4.29. The molecule has 0 saturated heterocycles. The van der Waals surface area contributed by atoms with Crippen molar-refractivity contribution in [2.24, 2.45) is 11.7 Å². The van der Waals surface area contributed by atoms with Crippen LogP contribution in [-0.4, -0.2) is 11.5 Å². The molecule has 0 radical (unpaired) electrons. The highest BCUT2D eigenvalue weighted by Gasteiger charge is 2.26. The second kappa shape index (κ2) is 5.07. The molecule has 18 heavy (non-hydrogen) atoms. The second-order valence-corrected chi connectivity index (χ2v) is 5.30. The van der Waals surface area contributed by atoms with Gasteiger partial charge in [0, 0.05) is 11.6 Å². The number of fused-ring (bicyclic) bond motifs is 1. The lowest BCUT2D eigenvalue weighted by molar-refractivity contribution is 0.316. The Bertz CT molecular complexity index is 530. The van der Waals surface area contributed by atoms with Crippen LogP contribution in [0.1, 0.15) is 37.2 Å². The summed E-state index contributed by atoms with van der Waals surface area (Å²) < 4.78 is 0. The van der Waals surface area contributed by atoms with Crippen LogP contribution in [0.4, 0.5) is 0 Å². The van der Waals surface area contributed by atoms with Crippen molar-refractivity contribution in [1.82, 2.24) is 4.98 Å². The molecule has 94 valence electrons. The summed E-state index contributed by atoms with van der Waals surface area (Å²) in [5, 5.41) is 1.31. The van der Waals surface area contributed by atoms with Crippen molar-refractivity contribution >= 4 is 10.9 Å². The standard InChI is InChI=1S/C16H20N2/c17-11-12-5-1-2-6-13(12)14-7-3-9-16-15(14)8-4-10-18-16/h3-4,7-10,12-13H,1-2,5-6,11,17H2. The lowest BCUT2D eigenvalue weighted by atomic mass is 9.74. The van der Waals surface area contributed by atoms with Crippen molar-refractivity contribution in [2.75, 3.05) is 6.54 Å². The first kappa shape index (κ1) is 11.7. The van der Waals surface area contributed by atoms with Crippen molar-refractivity contribution in [1.29, 1.82) is 0 Å². The molecule has 1 aromatic carbocycles. The average molecular weight is 240 g/mol. The van der Waals surface area contributed by atoms with Gasteiger partial charge in [0.05, 0.1) is 5.52 Å². The number of benzene rings is 1. The van der Waals surface area contributed by atoms with Crippen molar-refractivity contribution < 1.29 is 0 Å². The molecular formula is C16H20N2. The number of aromatic nitrogens is 1. The molecule has 1 aromatic heterocycles. The summed E-state index contributed by atoms with van der Waals surface area (Å²) in [6.45, 7) is 0.807. The van der Waals surface area contributed by atoms with Gasteiger partial charge < -0.3 is 5.73 Å². The fraction of sp³-hybridized carbons (Fsp3) is 0.438. The first-order valence-corrected chi connectivity index (χ1v) is 6.94. The summed E-state index contributed by atoms with van der Waals surface area (Å²) in [5.41, 5.74) is 8.52. The van der Waals surface area contributed by atoms with Gasteiger partial charge in [-0.05, 0) is 48.9 Å². The van der Waals surface area contributed by atoms with E-state index >= 15 is 0 Å². The van der Waals surface area contributed by atoms with Gasteiger partial charge in [0.25, 0.3) is 0 Å². The third-order valence-electron chi connectivity index (χ3n) is 4.29. The molecule has 2 unspecified atom stereocenters. The van der Waals surface area contributed by atoms with Crippen LogP contribution in [0, 0.1) is 5.92 Å². The van der Waals surface area contributed by atoms with Crippen LogP contribution in [0.2, 0.25) is 0 Å². The van der Waals surface area contributed by atoms with Crippen LogP contribution in [0.5, 0.6) is 0 Å². The zero-order valence-corrected chi connectivity index (χ0v) is 10.7. The summed E-state index contributed by atoms with van der Waals surface area (Å²) in [6.07, 6.45) is 7.08. The Hall–Kier alpha value is -1.41. The summed E-state index contributed by atoms with van der Waals surface area (Å²) in [7, 11) is 0. The van der Waals surface area contributed by atoms with Gasteiger partial charge in [-0.1, -0.05) is 31.0 Å². The molecule has 2 nitrogen and oxygen atoms in total. The smallest absolute Gasteiger partial charge is 0.0704 e. The number of nitrogens with zero attached hydrogens (tertiary/aromatic N) is 1. The minimum absolute atomic E-state index is 0.622. The molecule has 2 aromatic rings. The zero-order valence-electron chi connectivity index (χ0n) is 10.7. The van der Waals surface area contributed by atoms with E-state index in [1.165, 1.54) is 36.6 Å². The molecule has 1 aliphatic carbocycles. The number of pyridine rings is 1. The van der Waals surface area contributed by atoms with E-state index in [2.05, 4.69) is 29.2 Å². The first-order valence-electron chi connectivity index (χ1n) is 6.94. The Balaban J connectivity index is 2.07. The SMILES string of the molecule is NCC1CCCCC1c1cccc2ncccc12. The van der Waals surface area contributed by atoms with Crippen LogP contribution < -0.4 is 5.73 Å². The van der Waals surface area contributed by atoms with Gasteiger partial charge in [0.1, 0.15) is 0 Å². The van der Waals surface area contributed by atoms with E-state index in [0.29, 0.717) is 11.8 Å². The van der Waals surface area contributed by atoms with Gasteiger partial charge in [0.2, 0.25) is 0 Å². The van der Waals surface area contributed by atoms with Crippen molar-refractivity contribution in [2.45, 2.75) is 31.6 Å². The Morgan fingerprint density at radius 3 is 2.89 bits per heavy atom. The molecule has 2 N–H and O–H groups in total. The normalized spacial score (nSPS) is 24.3. The molecule has 3 rings (SSSR count). The summed E-state index contributed by atoms with van der Waals surface area (Å²) in [5.74, 6) is 1.27. The summed E-state index contributed by atoms with van der Waals surface area (Å²) in [6, 6.07) is 10.7. The van der Waals surface area contributed by atoms with Gasteiger partial charge in [-0.25, -0.2) is 0 Å². The molecule has 1 aliphatic rings. The van der Waals surface area contributed by atoms with Gasteiger partial charge in [-0.15, -0.1) is 0 Å². The molecule has 0 bridgehead atoms. The van der Waals surface area contributed by atoms with Crippen LogP contribution in [0.3, 0.4) is 0 Å². The largest absolute Gasteiger partial charge is 0.330 e. The highest BCUT2D eigenvalue weighted by atomic mass is 14.6. The lowest BCUT2D eigenvalue weighted by Gasteiger charge is -2.31. The summed E-state index contributed by atoms with van der Waals surface area (Å²) >= 11 is 0. The van der Waals surface area contributed by atoms with E-state index in [-0.39, 0.29) is 0 Å². The van der Waals surface area contributed by atoms with E-state index in [4.69, 9.17) is 5.73 Å². The number of hydrogen-bond donors (Lipinski definition) is 1. The Labute approximate surface area is 108 Å². The monoisotopic (exact) mass is 240 g/mol. The summed E-state index contributed by atoms with van der Waals surface area (Å²) in [4.78, 5) is 4.46. The fourth-order valence-corrected chi connectivity index (χ4v) is 3.35. The molecule has 1 fully saturated rings. The second-order valence-electron chi connectivity index (χ2n) is 5.30. The third kappa shape index (κ3) is 2.01. The highest BCUT2D eigenvalue weighted by Crippen LogP contribution is 2.39. The van der Waals surface area contributed by atoms with E-state index in [0.717, 1.165) is 12.1 Å². The van der Waals surface area contributed by atoms with Crippen molar-refractivity contribution in [3.63, 3.8) is 0 Å². The first-order chi connectivity index (χ1) is 8.90. The van der Waals surface area contributed by atoms with E-state index in [1.54, 1.807) is 0 Å². The van der Waals surface area contributed by atoms with Crippen LogP contribution >= 0.6 is 0 Å². The van der Waals surface area contributed by atoms with Gasteiger partial charge >= 0.3 is 0 Å². The van der Waals surface area contributed by atoms with E-state index < -0.39 is 0 Å². The van der Waals surface area contributed by atoms with E-state index in [9.17, 15) is 0 Å². The molecule has 2 atom stereocenters. The number of nitrogens with two attached hydrogens (primary N) is 1. The molecule has 0 amide bonds. The minimum Gasteiger partial charge on any atom is -0.330 e. The highest BCUT2D eigenvalue weighted by molar-refractivity contribution is 5.82. The average Bonchev–Trinajstić information content (AvgIpc) is 2.46. The van der Waals surface area contributed by atoms with Crippen molar-refractivity contribution in [3.8, 4) is 0 Å². The quantitative estimate of drug-likeness (QED) is 0.873. The fourth-order valence-electron chi connectivity index (χ4n) is 3.35. The molecule has 2 heteroatoms. The van der Waals surface area contributed by atoms with Gasteiger partial charge in [0.15, 0.2) is 0 Å². The maximum Gasteiger partial charge on any atom is 0.0704 e. The van der Waals surface area contributed by atoms with Crippen LogP contribution in [-0.2, 0) is 0 Å². The zero-order chi connectivity index (χ0) is 12.4. The molecule has 0 spiro atoms. The predicted molar refractivity (Wildman–Crippen MR) is 75.5 cm³/mol. The minimum atomic E-state index is 0.622. The van der Waals surface area contributed by atoms with Crippen LogP contribution in [0.25, 0.3) is 10.9 Å². The number of hydrogen-bond acceptors (Lipinski definition) is 2. The number of rotatable bonds is 2. The van der Waals surface area contributed by atoms with Gasteiger partial charge in [-0.2, -0.15) is 0 Å². The lowest BCUT2D eigenvalue weighted by Crippen LogP contribution is -2.25. The molecular weight excluding hydrogens is 220 g/mol. The Kier molecular flexibility index (Phi) is 3.28. The molecule has 1 heterocycles.